The lowest BCUT2D eigenvalue weighted by Gasteiger charge is -2.37. The summed E-state index contributed by atoms with van der Waals surface area (Å²) in [5.41, 5.74) is 1.14. The van der Waals surface area contributed by atoms with Crippen molar-refractivity contribution in [2.75, 3.05) is 13.1 Å². The first-order valence-corrected chi connectivity index (χ1v) is 6.95. The van der Waals surface area contributed by atoms with Gasteiger partial charge in [-0.25, -0.2) is 9.97 Å². The SMILES string of the molecule is CCNC1CCN(Cc2ccnc(C)n2)C(C)C1. The Morgan fingerprint density at radius 2 is 2.33 bits per heavy atom. The average Bonchev–Trinajstić information content (AvgIpc) is 2.33. The summed E-state index contributed by atoms with van der Waals surface area (Å²) in [7, 11) is 0. The van der Waals surface area contributed by atoms with Gasteiger partial charge in [0.25, 0.3) is 0 Å². The first-order chi connectivity index (χ1) is 8.69. The van der Waals surface area contributed by atoms with Crippen LogP contribution in [0.5, 0.6) is 0 Å². The lowest BCUT2D eigenvalue weighted by atomic mass is 9.98. The lowest BCUT2D eigenvalue weighted by Crippen LogP contribution is -2.47. The highest BCUT2D eigenvalue weighted by Crippen LogP contribution is 2.19. The summed E-state index contributed by atoms with van der Waals surface area (Å²) >= 11 is 0. The molecule has 1 aromatic rings. The number of hydrogen-bond donors (Lipinski definition) is 1. The van der Waals surface area contributed by atoms with Crippen molar-refractivity contribution < 1.29 is 0 Å². The molecular weight excluding hydrogens is 224 g/mol. The van der Waals surface area contributed by atoms with E-state index in [2.05, 4.69) is 34.0 Å². The van der Waals surface area contributed by atoms with Gasteiger partial charge in [-0.3, -0.25) is 4.90 Å². The van der Waals surface area contributed by atoms with Gasteiger partial charge in [0.1, 0.15) is 5.82 Å². The number of nitrogens with zero attached hydrogens (tertiary/aromatic N) is 3. The maximum atomic E-state index is 4.49. The second-order valence-electron chi connectivity index (χ2n) is 5.19. The highest BCUT2D eigenvalue weighted by molar-refractivity contribution is 5.02. The fourth-order valence-corrected chi connectivity index (χ4v) is 2.73. The topological polar surface area (TPSA) is 41.0 Å². The predicted octanol–water partition coefficient (Wildman–Crippen LogP) is 1.75. The van der Waals surface area contributed by atoms with Crippen LogP contribution >= 0.6 is 0 Å². The molecule has 2 rings (SSSR count). The van der Waals surface area contributed by atoms with Gasteiger partial charge >= 0.3 is 0 Å². The zero-order chi connectivity index (χ0) is 13.0. The highest BCUT2D eigenvalue weighted by atomic mass is 15.2. The summed E-state index contributed by atoms with van der Waals surface area (Å²) in [6, 6.07) is 3.34. The van der Waals surface area contributed by atoms with Crippen molar-refractivity contribution in [1.82, 2.24) is 20.2 Å². The fraction of sp³-hybridized carbons (Fsp3) is 0.714. The number of likely N-dealkylation sites (tertiary alicyclic amines) is 1. The monoisotopic (exact) mass is 248 g/mol. The van der Waals surface area contributed by atoms with Gasteiger partial charge in [0.2, 0.25) is 0 Å². The second kappa shape index (κ2) is 6.25. The molecule has 0 radical (unpaired) electrons. The Hall–Kier alpha value is -1.00. The summed E-state index contributed by atoms with van der Waals surface area (Å²) in [6.07, 6.45) is 4.33. The van der Waals surface area contributed by atoms with E-state index >= 15 is 0 Å². The van der Waals surface area contributed by atoms with Gasteiger partial charge in [0.05, 0.1) is 5.69 Å². The van der Waals surface area contributed by atoms with Crippen molar-refractivity contribution in [2.24, 2.45) is 0 Å². The van der Waals surface area contributed by atoms with Crippen molar-refractivity contribution in [1.29, 1.82) is 0 Å². The van der Waals surface area contributed by atoms with Gasteiger partial charge in [-0.15, -0.1) is 0 Å². The summed E-state index contributed by atoms with van der Waals surface area (Å²) in [6.45, 7) is 9.62. The molecule has 1 saturated heterocycles. The van der Waals surface area contributed by atoms with Crippen LogP contribution in [0.2, 0.25) is 0 Å². The average molecular weight is 248 g/mol. The van der Waals surface area contributed by atoms with Crippen LogP contribution in [0.1, 0.15) is 38.2 Å². The highest BCUT2D eigenvalue weighted by Gasteiger charge is 2.24. The molecule has 0 aromatic carbocycles. The fourth-order valence-electron chi connectivity index (χ4n) is 2.73. The van der Waals surface area contributed by atoms with Crippen LogP contribution < -0.4 is 5.32 Å². The molecule has 0 bridgehead atoms. The maximum absolute atomic E-state index is 4.49. The van der Waals surface area contributed by atoms with Crippen LogP contribution in [0.25, 0.3) is 0 Å². The number of aryl methyl sites for hydroxylation is 1. The van der Waals surface area contributed by atoms with Gasteiger partial charge in [0.15, 0.2) is 0 Å². The summed E-state index contributed by atoms with van der Waals surface area (Å²) in [5, 5.41) is 3.56. The Bertz CT molecular complexity index is 380. The van der Waals surface area contributed by atoms with Crippen molar-refractivity contribution in [3.05, 3.63) is 23.8 Å². The molecule has 0 spiro atoms. The van der Waals surface area contributed by atoms with Crippen molar-refractivity contribution in [3.63, 3.8) is 0 Å². The Morgan fingerprint density at radius 3 is 3.00 bits per heavy atom. The Morgan fingerprint density at radius 1 is 1.50 bits per heavy atom. The van der Waals surface area contributed by atoms with Crippen LogP contribution in [0.15, 0.2) is 12.3 Å². The van der Waals surface area contributed by atoms with Gasteiger partial charge in [0, 0.05) is 31.4 Å². The molecule has 2 atom stereocenters. The molecule has 0 aliphatic carbocycles. The third kappa shape index (κ3) is 3.50. The van der Waals surface area contributed by atoms with E-state index in [0.29, 0.717) is 12.1 Å². The van der Waals surface area contributed by atoms with Crippen molar-refractivity contribution >= 4 is 0 Å². The molecule has 2 unspecified atom stereocenters. The lowest BCUT2D eigenvalue weighted by molar-refractivity contribution is 0.128. The Labute approximate surface area is 110 Å². The van der Waals surface area contributed by atoms with Gasteiger partial charge in [-0.05, 0) is 39.3 Å². The third-order valence-corrected chi connectivity index (χ3v) is 3.71. The van der Waals surface area contributed by atoms with E-state index in [-0.39, 0.29) is 0 Å². The Kier molecular flexibility index (Phi) is 4.66. The number of hydrogen-bond acceptors (Lipinski definition) is 4. The number of piperidine rings is 1. The molecular formula is C14H24N4. The van der Waals surface area contributed by atoms with Crippen LogP contribution in [0.3, 0.4) is 0 Å². The number of rotatable bonds is 4. The van der Waals surface area contributed by atoms with Crippen LogP contribution in [0, 0.1) is 6.92 Å². The van der Waals surface area contributed by atoms with E-state index in [4.69, 9.17) is 0 Å². The Balaban J connectivity index is 1.91. The van der Waals surface area contributed by atoms with Crippen molar-refractivity contribution in [3.8, 4) is 0 Å². The van der Waals surface area contributed by atoms with Crippen LogP contribution in [-0.2, 0) is 6.54 Å². The van der Waals surface area contributed by atoms with E-state index in [1.807, 2.05) is 19.2 Å². The molecule has 0 amide bonds. The number of nitrogens with one attached hydrogen (secondary N) is 1. The minimum absolute atomic E-state index is 0.623. The van der Waals surface area contributed by atoms with E-state index in [0.717, 1.165) is 31.2 Å². The molecule has 4 heteroatoms. The first-order valence-electron chi connectivity index (χ1n) is 6.95. The molecule has 1 N–H and O–H groups in total. The zero-order valence-corrected chi connectivity index (χ0v) is 11.7. The standard InChI is InChI=1S/C14H24N4/c1-4-15-13-6-8-18(11(2)9-13)10-14-5-7-16-12(3)17-14/h5,7,11,13,15H,4,6,8-10H2,1-3H3. The molecule has 1 fully saturated rings. The maximum Gasteiger partial charge on any atom is 0.125 e. The van der Waals surface area contributed by atoms with Crippen molar-refractivity contribution in [2.45, 2.75) is 52.2 Å². The van der Waals surface area contributed by atoms with Gasteiger partial charge < -0.3 is 5.32 Å². The van der Waals surface area contributed by atoms with E-state index < -0.39 is 0 Å². The molecule has 4 nitrogen and oxygen atoms in total. The summed E-state index contributed by atoms with van der Waals surface area (Å²) in [5.74, 6) is 0.864. The molecule has 18 heavy (non-hydrogen) atoms. The zero-order valence-electron chi connectivity index (χ0n) is 11.7. The molecule has 1 aromatic heterocycles. The normalized spacial score (nSPS) is 25.3. The summed E-state index contributed by atoms with van der Waals surface area (Å²) < 4.78 is 0. The minimum Gasteiger partial charge on any atom is -0.314 e. The van der Waals surface area contributed by atoms with E-state index in [1.54, 1.807) is 0 Å². The number of aromatic nitrogens is 2. The smallest absolute Gasteiger partial charge is 0.125 e. The molecule has 100 valence electrons. The molecule has 1 aliphatic heterocycles. The quantitative estimate of drug-likeness (QED) is 0.881. The van der Waals surface area contributed by atoms with Crippen LogP contribution in [0.4, 0.5) is 0 Å². The third-order valence-electron chi connectivity index (χ3n) is 3.71. The largest absolute Gasteiger partial charge is 0.314 e. The minimum atomic E-state index is 0.623. The van der Waals surface area contributed by atoms with Gasteiger partial charge in [-0.1, -0.05) is 6.92 Å². The summed E-state index contributed by atoms with van der Waals surface area (Å²) in [4.78, 5) is 11.2. The van der Waals surface area contributed by atoms with Gasteiger partial charge in [-0.2, -0.15) is 0 Å². The van der Waals surface area contributed by atoms with E-state index in [9.17, 15) is 0 Å². The second-order valence-corrected chi connectivity index (χ2v) is 5.19. The predicted molar refractivity (Wildman–Crippen MR) is 73.3 cm³/mol. The molecule has 1 aliphatic rings. The molecule has 2 heterocycles. The first kappa shape index (κ1) is 13.4. The molecule has 0 saturated carbocycles. The van der Waals surface area contributed by atoms with Crippen LogP contribution in [-0.4, -0.2) is 40.0 Å². The van der Waals surface area contributed by atoms with E-state index in [1.165, 1.54) is 12.8 Å².